The molecular formula is C28H33N5O5. The number of benzene rings is 2. The van der Waals surface area contributed by atoms with Crippen molar-refractivity contribution in [3.8, 4) is 0 Å². The van der Waals surface area contributed by atoms with Crippen molar-refractivity contribution in [2.45, 2.75) is 44.6 Å². The van der Waals surface area contributed by atoms with Gasteiger partial charge in [-0.3, -0.25) is 24.5 Å². The van der Waals surface area contributed by atoms with Crippen LogP contribution in [0, 0.1) is 0 Å². The minimum Gasteiger partial charge on any atom is -0.481 e. The van der Waals surface area contributed by atoms with Crippen molar-refractivity contribution in [2.24, 2.45) is 4.99 Å². The van der Waals surface area contributed by atoms with E-state index in [-0.39, 0.29) is 30.7 Å². The maximum atomic E-state index is 13.5. The Kier molecular flexibility index (Phi) is 9.07. The van der Waals surface area contributed by atoms with Crippen LogP contribution in [-0.4, -0.2) is 76.8 Å². The minimum absolute atomic E-state index is 0.0290. The number of carboxylic acids is 1. The molecule has 0 saturated carbocycles. The number of carbonyl (C=O) groups excluding carboxylic acids is 3. The number of guanidine groups is 1. The van der Waals surface area contributed by atoms with Gasteiger partial charge in [-0.2, -0.15) is 0 Å². The number of hydrogen-bond donors (Lipinski definition) is 3. The van der Waals surface area contributed by atoms with Gasteiger partial charge in [0.25, 0.3) is 5.91 Å². The summed E-state index contributed by atoms with van der Waals surface area (Å²) < 4.78 is 0. The Morgan fingerprint density at radius 2 is 1.68 bits per heavy atom. The predicted molar refractivity (Wildman–Crippen MR) is 143 cm³/mol. The van der Waals surface area contributed by atoms with E-state index in [1.54, 1.807) is 64.4 Å². The molecule has 0 unspecified atom stereocenters. The average molecular weight is 520 g/mol. The summed E-state index contributed by atoms with van der Waals surface area (Å²) in [5.41, 5.74) is 1.53. The van der Waals surface area contributed by atoms with E-state index in [0.717, 1.165) is 38.8 Å². The summed E-state index contributed by atoms with van der Waals surface area (Å²) in [7, 11) is 0. The number of nitrogens with one attached hydrogen (secondary N) is 2. The molecule has 2 aromatic rings. The van der Waals surface area contributed by atoms with Crippen LogP contribution >= 0.6 is 0 Å². The minimum atomic E-state index is -0.957. The maximum absolute atomic E-state index is 13.5. The van der Waals surface area contributed by atoms with Crippen LogP contribution in [0.25, 0.3) is 0 Å². The number of aliphatic carboxylic acids is 1. The lowest BCUT2D eigenvalue weighted by Crippen LogP contribution is -2.45. The lowest BCUT2D eigenvalue weighted by molar-refractivity contribution is -0.140. The van der Waals surface area contributed by atoms with Gasteiger partial charge in [0.15, 0.2) is 0 Å². The molecule has 2 aliphatic heterocycles. The predicted octanol–water partition coefficient (Wildman–Crippen LogP) is 2.52. The second-order valence-electron chi connectivity index (χ2n) is 9.55. The monoisotopic (exact) mass is 519 g/mol. The molecule has 2 aliphatic rings. The summed E-state index contributed by atoms with van der Waals surface area (Å²) in [5.74, 6) is -1.58. The number of nitrogens with zero attached hydrogens (tertiary/aromatic N) is 3. The third kappa shape index (κ3) is 7.41. The largest absolute Gasteiger partial charge is 0.481 e. The number of rotatable bonds is 7. The molecule has 38 heavy (non-hydrogen) atoms. The number of anilines is 1. The Hall–Kier alpha value is -4.21. The highest BCUT2D eigenvalue weighted by atomic mass is 16.4. The molecule has 3 N–H and O–H groups in total. The highest BCUT2D eigenvalue weighted by Crippen LogP contribution is 2.18. The zero-order valence-corrected chi connectivity index (χ0v) is 21.3. The van der Waals surface area contributed by atoms with Crippen molar-refractivity contribution in [1.82, 2.24) is 15.1 Å². The van der Waals surface area contributed by atoms with E-state index >= 15 is 0 Å². The zero-order chi connectivity index (χ0) is 26.9. The van der Waals surface area contributed by atoms with Gasteiger partial charge in [0.05, 0.1) is 13.0 Å². The number of aliphatic imine (C=N–C) groups is 1. The lowest BCUT2D eigenvalue weighted by Gasteiger charge is -2.25. The van der Waals surface area contributed by atoms with Gasteiger partial charge >= 0.3 is 5.97 Å². The molecule has 0 bridgehead atoms. The van der Waals surface area contributed by atoms with Crippen LogP contribution in [0.5, 0.6) is 0 Å². The van der Waals surface area contributed by atoms with Crippen LogP contribution in [0.4, 0.5) is 5.69 Å². The lowest BCUT2D eigenvalue weighted by atomic mass is 10.1. The van der Waals surface area contributed by atoms with Gasteiger partial charge in [0.1, 0.15) is 6.04 Å². The van der Waals surface area contributed by atoms with E-state index < -0.39 is 17.9 Å². The summed E-state index contributed by atoms with van der Waals surface area (Å²) >= 11 is 0. The maximum Gasteiger partial charge on any atom is 0.307 e. The third-order valence-corrected chi connectivity index (χ3v) is 6.64. The van der Waals surface area contributed by atoms with Gasteiger partial charge in [0.2, 0.25) is 17.8 Å². The van der Waals surface area contributed by atoms with Crippen molar-refractivity contribution in [3.05, 3.63) is 65.7 Å². The summed E-state index contributed by atoms with van der Waals surface area (Å²) in [4.78, 5) is 58.3. The average Bonchev–Trinajstić information content (AvgIpc) is 3.39. The normalized spacial score (nSPS) is 18.2. The van der Waals surface area contributed by atoms with Crippen LogP contribution in [0.2, 0.25) is 0 Å². The number of carbonyl (C=O) groups is 4. The Labute approximate surface area is 221 Å². The standard InChI is InChI=1S/C28H33N5O5/c34-24(32-14-6-7-15-32)19-33-16-5-4-13-23(27(33)38)30-28(31-26(37)21-10-2-1-3-11-21)29-22-12-8-9-20(17-22)18-25(35)36/h1-3,8-12,17,23H,4-7,13-16,18-19H2,(H,35,36)(H2,29,30,31,37)/t23-/m0/s1. The van der Waals surface area contributed by atoms with Gasteiger partial charge in [-0.05, 0) is 61.9 Å². The van der Waals surface area contributed by atoms with Gasteiger partial charge < -0.3 is 20.2 Å². The van der Waals surface area contributed by atoms with Crippen LogP contribution in [0.3, 0.4) is 0 Å². The van der Waals surface area contributed by atoms with E-state index in [4.69, 9.17) is 5.11 Å². The quantitative estimate of drug-likeness (QED) is 0.381. The molecule has 2 heterocycles. The molecule has 0 aromatic heterocycles. The van der Waals surface area contributed by atoms with Crippen LogP contribution < -0.4 is 10.6 Å². The van der Waals surface area contributed by atoms with Crippen LogP contribution in [0.1, 0.15) is 48.0 Å². The second-order valence-corrected chi connectivity index (χ2v) is 9.55. The van der Waals surface area contributed by atoms with E-state index in [9.17, 15) is 19.2 Å². The van der Waals surface area contributed by atoms with Gasteiger partial charge in [-0.25, -0.2) is 4.99 Å². The number of carboxylic acid groups (broad SMARTS) is 1. The molecule has 0 spiro atoms. The highest BCUT2D eigenvalue weighted by molar-refractivity contribution is 6.10. The zero-order valence-electron chi connectivity index (χ0n) is 21.3. The smallest absolute Gasteiger partial charge is 0.307 e. The SMILES string of the molecule is O=C(O)Cc1cccc(NC(=N[C@H]2CCCCN(CC(=O)N3CCCC3)C2=O)NC(=O)c2ccccc2)c1. The summed E-state index contributed by atoms with van der Waals surface area (Å²) in [6.45, 7) is 1.97. The first kappa shape index (κ1) is 26.8. The second kappa shape index (κ2) is 12.8. The number of amides is 3. The topological polar surface area (TPSA) is 131 Å². The van der Waals surface area contributed by atoms with Crippen molar-refractivity contribution in [3.63, 3.8) is 0 Å². The molecule has 10 heteroatoms. The Morgan fingerprint density at radius 3 is 2.42 bits per heavy atom. The molecule has 0 aliphatic carbocycles. The Balaban J connectivity index is 1.56. The summed E-state index contributed by atoms with van der Waals surface area (Å²) in [5, 5.41) is 15.0. The van der Waals surface area contributed by atoms with Crippen molar-refractivity contribution >= 4 is 35.3 Å². The molecule has 4 rings (SSSR count). The molecule has 2 fully saturated rings. The molecule has 2 saturated heterocycles. The molecule has 200 valence electrons. The molecule has 0 radical (unpaired) electrons. The summed E-state index contributed by atoms with van der Waals surface area (Å²) in [6.07, 6.45) is 3.81. The van der Waals surface area contributed by atoms with Gasteiger partial charge in [-0.15, -0.1) is 0 Å². The van der Waals surface area contributed by atoms with Crippen LogP contribution in [0.15, 0.2) is 59.6 Å². The van der Waals surface area contributed by atoms with Crippen molar-refractivity contribution in [1.29, 1.82) is 0 Å². The molecule has 1 atom stereocenters. The fourth-order valence-electron chi connectivity index (χ4n) is 4.68. The molecular weight excluding hydrogens is 486 g/mol. The third-order valence-electron chi connectivity index (χ3n) is 6.64. The first-order valence-electron chi connectivity index (χ1n) is 13.0. The fraction of sp³-hybridized carbons (Fsp3) is 0.393. The highest BCUT2D eigenvalue weighted by Gasteiger charge is 2.30. The summed E-state index contributed by atoms with van der Waals surface area (Å²) in [6, 6.07) is 14.7. The molecule has 3 amide bonds. The van der Waals surface area contributed by atoms with E-state index in [0.29, 0.717) is 29.8 Å². The van der Waals surface area contributed by atoms with Crippen molar-refractivity contribution in [2.75, 3.05) is 31.5 Å². The molecule has 10 nitrogen and oxygen atoms in total. The first-order valence-corrected chi connectivity index (χ1v) is 13.0. The van der Waals surface area contributed by atoms with E-state index in [1.165, 1.54) is 0 Å². The van der Waals surface area contributed by atoms with Gasteiger partial charge in [0, 0.05) is 30.9 Å². The van der Waals surface area contributed by atoms with E-state index in [1.807, 2.05) is 0 Å². The number of likely N-dealkylation sites (tertiary alicyclic amines) is 2. The molecule has 2 aromatic carbocycles. The Bertz CT molecular complexity index is 1190. The van der Waals surface area contributed by atoms with E-state index in [2.05, 4.69) is 15.6 Å². The van der Waals surface area contributed by atoms with Gasteiger partial charge in [-0.1, -0.05) is 30.3 Å². The first-order chi connectivity index (χ1) is 18.4. The fourth-order valence-corrected chi connectivity index (χ4v) is 4.68. The Morgan fingerprint density at radius 1 is 0.947 bits per heavy atom. The van der Waals surface area contributed by atoms with Crippen LogP contribution in [-0.2, 0) is 20.8 Å². The van der Waals surface area contributed by atoms with Crippen molar-refractivity contribution < 1.29 is 24.3 Å². The number of hydrogen-bond acceptors (Lipinski definition) is 5.